The van der Waals surface area contributed by atoms with E-state index in [0.29, 0.717) is 5.92 Å². The van der Waals surface area contributed by atoms with Crippen molar-refractivity contribution < 1.29 is 4.79 Å². The smallest absolute Gasteiger partial charge is 0.227 e. The monoisotopic (exact) mass is 343 g/mol. The van der Waals surface area contributed by atoms with Crippen LogP contribution in [0, 0.1) is 5.92 Å². The summed E-state index contributed by atoms with van der Waals surface area (Å²) in [6.07, 6.45) is 10.0. The van der Waals surface area contributed by atoms with E-state index in [-0.39, 0.29) is 11.8 Å². The van der Waals surface area contributed by atoms with Crippen LogP contribution in [-0.4, -0.2) is 42.1 Å². The van der Waals surface area contributed by atoms with Crippen LogP contribution >= 0.6 is 0 Å². The fourth-order valence-corrected chi connectivity index (χ4v) is 4.12. The maximum absolute atomic E-state index is 12.8. The van der Waals surface area contributed by atoms with Crippen molar-refractivity contribution in [2.75, 3.05) is 26.7 Å². The average molecular weight is 344 g/mol. The minimum absolute atomic E-state index is 0.0444. The van der Waals surface area contributed by atoms with Crippen LogP contribution in [0.1, 0.15) is 56.7 Å². The van der Waals surface area contributed by atoms with Crippen molar-refractivity contribution in [1.82, 2.24) is 14.8 Å². The first-order valence-electron chi connectivity index (χ1n) is 9.82. The Morgan fingerprint density at radius 1 is 1.28 bits per heavy atom. The molecule has 1 amide bonds. The van der Waals surface area contributed by atoms with Gasteiger partial charge in [-0.2, -0.15) is 0 Å². The van der Waals surface area contributed by atoms with Crippen molar-refractivity contribution in [2.45, 2.75) is 58.4 Å². The number of likely N-dealkylation sites (tertiary alicyclic amines) is 1. The summed E-state index contributed by atoms with van der Waals surface area (Å²) in [7, 11) is 2.18. The zero-order valence-electron chi connectivity index (χ0n) is 16.1. The molecule has 1 N–H and O–H groups in total. The second kappa shape index (κ2) is 8.22. The highest BCUT2D eigenvalue weighted by Crippen LogP contribution is 2.33. The Labute approximate surface area is 152 Å². The van der Waals surface area contributed by atoms with Crippen LogP contribution in [0.5, 0.6) is 0 Å². The molecule has 0 bridgehead atoms. The third-order valence-corrected chi connectivity index (χ3v) is 5.81. The molecular weight excluding hydrogens is 310 g/mol. The van der Waals surface area contributed by atoms with Crippen molar-refractivity contribution in [3.05, 3.63) is 35.2 Å². The van der Waals surface area contributed by atoms with E-state index in [1.54, 1.807) is 0 Å². The summed E-state index contributed by atoms with van der Waals surface area (Å²) in [6.45, 7) is 8.34. The molecule has 2 heterocycles. The summed E-state index contributed by atoms with van der Waals surface area (Å²) >= 11 is 0. The van der Waals surface area contributed by atoms with Gasteiger partial charge in [-0.25, -0.2) is 0 Å². The molecule has 1 aliphatic heterocycles. The van der Waals surface area contributed by atoms with Crippen molar-refractivity contribution in [2.24, 2.45) is 5.92 Å². The Bertz CT molecular complexity index is 619. The second-order valence-electron chi connectivity index (χ2n) is 8.09. The van der Waals surface area contributed by atoms with Gasteiger partial charge in [0.25, 0.3) is 0 Å². The molecule has 25 heavy (non-hydrogen) atoms. The lowest BCUT2D eigenvalue weighted by atomic mass is 9.86. The molecule has 1 aliphatic carbocycles. The molecule has 1 aromatic rings. The Hall–Kier alpha value is -1.55. The molecule has 4 heteroatoms. The minimum Gasteiger partial charge on any atom is -0.355 e. The molecule has 3 rings (SSSR count). The van der Waals surface area contributed by atoms with Crippen LogP contribution in [0.3, 0.4) is 0 Å². The van der Waals surface area contributed by atoms with E-state index in [1.807, 2.05) is 0 Å². The number of nitrogens with one attached hydrogen (secondary N) is 1. The molecule has 0 saturated carbocycles. The summed E-state index contributed by atoms with van der Waals surface area (Å²) in [6, 6.07) is 2.17. The third kappa shape index (κ3) is 4.55. The number of hydrogen-bond acceptors (Lipinski definition) is 2. The molecule has 0 radical (unpaired) electrons. The number of fused-ring (bicyclic) bond motifs is 1. The maximum Gasteiger partial charge on any atom is 0.227 e. The predicted molar refractivity (Wildman–Crippen MR) is 103 cm³/mol. The van der Waals surface area contributed by atoms with E-state index >= 15 is 0 Å². The summed E-state index contributed by atoms with van der Waals surface area (Å²) < 4.78 is 2.32. The van der Waals surface area contributed by atoms with Gasteiger partial charge < -0.3 is 14.8 Å². The Balaban J connectivity index is 1.60. The highest BCUT2D eigenvalue weighted by Gasteiger charge is 2.29. The number of piperidine rings is 1. The highest BCUT2D eigenvalue weighted by molar-refractivity contribution is 5.84. The van der Waals surface area contributed by atoms with Crippen LogP contribution in [-0.2, 0) is 17.8 Å². The Morgan fingerprint density at radius 3 is 2.76 bits per heavy atom. The summed E-state index contributed by atoms with van der Waals surface area (Å²) in [5.74, 6) is 0.924. The van der Waals surface area contributed by atoms with E-state index in [9.17, 15) is 4.79 Å². The lowest BCUT2D eigenvalue weighted by Crippen LogP contribution is -2.39. The molecule has 1 unspecified atom stereocenters. The molecule has 2 aliphatic rings. The largest absolute Gasteiger partial charge is 0.355 e. The van der Waals surface area contributed by atoms with Crippen LogP contribution in [0.4, 0.5) is 0 Å². The van der Waals surface area contributed by atoms with Crippen LogP contribution in [0.25, 0.3) is 0 Å². The molecular formula is C21H33N3O. The number of allylic oxidation sites excluding steroid dienone is 2. The Morgan fingerprint density at radius 2 is 2.04 bits per heavy atom. The van der Waals surface area contributed by atoms with Gasteiger partial charge in [-0.1, -0.05) is 11.6 Å². The summed E-state index contributed by atoms with van der Waals surface area (Å²) in [4.78, 5) is 15.2. The van der Waals surface area contributed by atoms with Gasteiger partial charge in [-0.05, 0) is 83.6 Å². The van der Waals surface area contributed by atoms with Gasteiger partial charge >= 0.3 is 0 Å². The molecule has 1 saturated heterocycles. The zero-order chi connectivity index (χ0) is 17.8. The zero-order valence-corrected chi connectivity index (χ0v) is 16.1. The molecule has 138 valence electrons. The molecule has 1 fully saturated rings. The molecule has 1 atom stereocenters. The lowest BCUT2D eigenvalue weighted by molar-refractivity contribution is -0.123. The van der Waals surface area contributed by atoms with Gasteiger partial charge in [-0.15, -0.1) is 0 Å². The van der Waals surface area contributed by atoms with Crippen molar-refractivity contribution in [3.8, 4) is 0 Å². The maximum atomic E-state index is 12.8. The second-order valence-corrected chi connectivity index (χ2v) is 8.09. The van der Waals surface area contributed by atoms with Gasteiger partial charge in [0.15, 0.2) is 0 Å². The van der Waals surface area contributed by atoms with Gasteiger partial charge in [0.05, 0.1) is 5.92 Å². The van der Waals surface area contributed by atoms with Crippen LogP contribution < -0.4 is 5.32 Å². The highest BCUT2D eigenvalue weighted by atomic mass is 16.1. The van der Waals surface area contributed by atoms with Crippen LogP contribution in [0.2, 0.25) is 0 Å². The SMILES string of the molecule is CC(C)=CCn1ccc2c1CCCC2C(=O)NCC1CCN(C)CC1. The standard InChI is InChI=1S/C21H33N3O/c1-16(2)7-13-24-14-10-18-19(5-4-6-20(18)24)21(25)22-15-17-8-11-23(3)12-9-17/h7,10,14,17,19H,4-6,8-9,11-13,15H2,1-3H3,(H,22,25). The number of hydrogen-bond donors (Lipinski definition) is 1. The van der Waals surface area contributed by atoms with E-state index < -0.39 is 0 Å². The normalized spacial score (nSPS) is 21.6. The van der Waals surface area contributed by atoms with Crippen molar-refractivity contribution in [1.29, 1.82) is 0 Å². The molecule has 0 aromatic carbocycles. The van der Waals surface area contributed by atoms with Crippen LogP contribution in [0.15, 0.2) is 23.9 Å². The van der Waals surface area contributed by atoms with Gasteiger partial charge in [0.2, 0.25) is 5.91 Å². The number of carbonyl (C=O) groups excluding carboxylic acids is 1. The fourth-order valence-electron chi connectivity index (χ4n) is 4.12. The van der Waals surface area contributed by atoms with E-state index in [2.05, 4.69) is 54.0 Å². The average Bonchev–Trinajstić information content (AvgIpc) is 3.02. The first kappa shape index (κ1) is 18.2. The van der Waals surface area contributed by atoms with Crippen molar-refractivity contribution in [3.63, 3.8) is 0 Å². The predicted octanol–water partition coefficient (Wildman–Crippen LogP) is 3.33. The number of carbonyl (C=O) groups is 1. The summed E-state index contributed by atoms with van der Waals surface area (Å²) in [5, 5.41) is 3.26. The minimum atomic E-state index is 0.0444. The molecule has 1 aromatic heterocycles. The summed E-state index contributed by atoms with van der Waals surface area (Å²) in [5.41, 5.74) is 3.96. The first-order valence-corrected chi connectivity index (χ1v) is 9.82. The lowest BCUT2D eigenvalue weighted by Gasteiger charge is -2.30. The van der Waals surface area contributed by atoms with E-state index in [4.69, 9.17) is 0 Å². The van der Waals surface area contributed by atoms with Gasteiger partial charge in [0, 0.05) is 25.0 Å². The number of aromatic nitrogens is 1. The van der Waals surface area contributed by atoms with Crippen molar-refractivity contribution >= 4 is 5.91 Å². The van der Waals surface area contributed by atoms with Gasteiger partial charge in [-0.3, -0.25) is 4.79 Å². The number of nitrogens with zero attached hydrogens (tertiary/aromatic N) is 2. The molecule has 0 spiro atoms. The fraction of sp³-hybridized carbons (Fsp3) is 0.667. The van der Waals surface area contributed by atoms with E-state index in [1.165, 1.54) is 29.7 Å². The third-order valence-electron chi connectivity index (χ3n) is 5.81. The topological polar surface area (TPSA) is 37.3 Å². The van der Waals surface area contributed by atoms with Gasteiger partial charge in [0.1, 0.15) is 0 Å². The van der Waals surface area contributed by atoms with E-state index in [0.717, 1.165) is 45.4 Å². The molecule has 4 nitrogen and oxygen atoms in total. The number of amides is 1. The number of rotatable bonds is 5. The first-order chi connectivity index (χ1) is 12.0. The Kier molecular flexibility index (Phi) is 6.00. The quantitative estimate of drug-likeness (QED) is 0.833.